The third kappa shape index (κ3) is 4.22. The van der Waals surface area contributed by atoms with Crippen LogP contribution in [0.5, 0.6) is 0 Å². The normalized spacial score (nSPS) is 12.8. The van der Waals surface area contributed by atoms with E-state index in [1.807, 2.05) is 7.05 Å². The van der Waals surface area contributed by atoms with E-state index in [1.165, 1.54) is 18.9 Å². The van der Waals surface area contributed by atoms with Gasteiger partial charge in [0, 0.05) is 10.5 Å². The van der Waals surface area contributed by atoms with Crippen molar-refractivity contribution in [2.24, 2.45) is 0 Å². The molecule has 90 valence electrons. The minimum absolute atomic E-state index is 0.163. The van der Waals surface area contributed by atoms with E-state index in [2.05, 4.69) is 28.2 Å². The number of likely N-dealkylation sites (N-methyl/N-ethyl adjacent to an activating group) is 1. The highest BCUT2D eigenvalue weighted by atomic mass is 79.9. The molecule has 0 saturated heterocycles. The Hall–Kier alpha value is -0.410. The van der Waals surface area contributed by atoms with Crippen LogP contribution in [-0.2, 0) is 6.42 Å². The molecular formula is C13H19BrFN. The smallest absolute Gasteiger partial charge is 0.123 e. The van der Waals surface area contributed by atoms with Crippen molar-refractivity contribution in [1.29, 1.82) is 0 Å². The lowest BCUT2D eigenvalue weighted by molar-refractivity contribution is 0.496. The fourth-order valence-corrected chi connectivity index (χ4v) is 2.17. The first-order valence-corrected chi connectivity index (χ1v) is 6.57. The molecule has 1 N–H and O–H groups in total. The zero-order chi connectivity index (χ0) is 12.0. The summed E-state index contributed by atoms with van der Waals surface area (Å²) in [6, 6.07) is 5.30. The molecule has 0 aliphatic carbocycles. The van der Waals surface area contributed by atoms with Gasteiger partial charge in [0.05, 0.1) is 0 Å². The van der Waals surface area contributed by atoms with E-state index in [-0.39, 0.29) is 5.82 Å². The quantitative estimate of drug-likeness (QED) is 0.837. The Balaban J connectivity index is 2.65. The van der Waals surface area contributed by atoms with Gasteiger partial charge in [0.2, 0.25) is 0 Å². The Morgan fingerprint density at radius 1 is 1.44 bits per heavy atom. The average Bonchev–Trinajstić information content (AvgIpc) is 2.28. The van der Waals surface area contributed by atoms with Crippen LogP contribution in [0.2, 0.25) is 0 Å². The second-order valence-corrected chi connectivity index (χ2v) is 4.92. The van der Waals surface area contributed by atoms with Crippen molar-refractivity contribution in [3.05, 3.63) is 34.1 Å². The van der Waals surface area contributed by atoms with E-state index >= 15 is 0 Å². The number of rotatable bonds is 6. The Morgan fingerprint density at radius 3 is 2.81 bits per heavy atom. The van der Waals surface area contributed by atoms with E-state index < -0.39 is 0 Å². The number of benzene rings is 1. The van der Waals surface area contributed by atoms with Crippen LogP contribution in [0.3, 0.4) is 0 Å². The molecule has 0 bridgehead atoms. The van der Waals surface area contributed by atoms with Crippen molar-refractivity contribution >= 4 is 15.9 Å². The molecule has 0 amide bonds. The maximum Gasteiger partial charge on any atom is 0.123 e. The minimum atomic E-state index is -0.163. The van der Waals surface area contributed by atoms with E-state index in [0.717, 1.165) is 22.9 Å². The van der Waals surface area contributed by atoms with Gasteiger partial charge < -0.3 is 5.32 Å². The van der Waals surface area contributed by atoms with Crippen LogP contribution >= 0.6 is 15.9 Å². The van der Waals surface area contributed by atoms with Crippen LogP contribution in [0, 0.1) is 5.82 Å². The lowest BCUT2D eigenvalue weighted by atomic mass is 10.0. The zero-order valence-corrected chi connectivity index (χ0v) is 11.5. The first-order valence-electron chi connectivity index (χ1n) is 5.78. The lowest BCUT2D eigenvalue weighted by Gasteiger charge is -2.16. The summed E-state index contributed by atoms with van der Waals surface area (Å²) in [5.41, 5.74) is 1.04. The molecule has 0 aromatic heterocycles. The van der Waals surface area contributed by atoms with E-state index in [9.17, 15) is 4.39 Å². The minimum Gasteiger partial charge on any atom is -0.317 e. The van der Waals surface area contributed by atoms with Gasteiger partial charge in [-0.3, -0.25) is 0 Å². The van der Waals surface area contributed by atoms with Gasteiger partial charge in [0.1, 0.15) is 5.82 Å². The molecule has 3 heteroatoms. The fourth-order valence-electron chi connectivity index (χ4n) is 1.76. The summed E-state index contributed by atoms with van der Waals surface area (Å²) in [7, 11) is 1.97. The highest BCUT2D eigenvalue weighted by Gasteiger charge is 2.09. The molecule has 0 fully saturated rings. The molecule has 0 aliphatic rings. The summed E-state index contributed by atoms with van der Waals surface area (Å²) >= 11 is 3.46. The summed E-state index contributed by atoms with van der Waals surface area (Å²) in [6.45, 7) is 2.19. The van der Waals surface area contributed by atoms with Gasteiger partial charge in [0.15, 0.2) is 0 Å². The molecule has 0 spiro atoms. The molecule has 0 aliphatic heterocycles. The van der Waals surface area contributed by atoms with E-state index in [1.54, 1.807) is 12.1 Å². The van der Waals surface area contributed by atoms with Crippen LogP contribution in [0.1, 0.15) is 31.7 Å². The van der Waals surface area contributed by atoms with Crippen LogP contribution < -0.4 is 5.32 Å². The number of hydrogen-bond acceptors (Lipinski definition) is 1. The maximum absolute atomic E-state index is 13.1. The first kappa shape index (κ1) is 13.7. The SMILES string of the molecule is CCCCC(Cc1cc(F)ccc1Br)NC. The monoisotopic (exact) mass is 287 g/mol. The third-order valence-corrected chi connectivity index (χ3v) is 3.56. The Kier molecular flexibility index (Phi) is 5.99. The van der Waals surface area contributed by atoms with Crippen molar-refractivity contribution in [3.8, 4) is 0 Å². The van der Waals surface area contributed by atoms with Gasteiger partial charge in [-0.05, 0) is 43.7 Å². The molecule has 0 saturated carbocycles. The van der Waals surface area contributed by atoms with Gasteiger partial charge in [-0.25, -0.2) is 4.39 Å². The van der Waals surface area contributed by atoms with Crippen LogP contribution in [0.25, 0.3) is 0 Å². The van der Waals surface area contributed by atoms with Crippen molar-refractivity contribution in [3.63, 3.8) is 0 Å². The van der Waals surface area contributed by atoms with Gasteiger partial charge >= 0.3 is 0 Å². The van der Waals surface area contributed by atoms with Crippen molar-refractivity contribution in [2.45, 2.75) is 38.6 Å². The fraction of sp³-hybridized carbons (Fsp3) is 0.538. The Morgan fingerprint density at radius 2 is 2.19 bits per heavy atom. The predicted octanol–water partition coefficient (Wildman–Crippen LogP) is 3.91. The van der Waals surface area contributed by atoms with Crippen LogP contribution in [0.15, 0.2) is 22.7 Å². The van der Waals surface area contributed by atoms with Gasteiger partial charge in [0.25, 0.3) is 0 Å². The topological polar surface area (TPSA) is 12.0 Å². The predicted molar refractivity (Wildman–Crippen MR) is 70.2 cm³/mol. The van der Waals surface area contributed by atoms with E-state index in [4.69, 9.17) is 0 Å². The molecule has 1 nitrogen and oxygen atoms in total. The second kappa shape index (κ2) is 7.02. The molecule has 1 atom stereocenters. The van der Waals surface area contributed by atoms with Crippen molar-refractivity contribution in [2.75, 3.05) is 7.05 Å². The summed E-state index contributed by atoms with van der Waals surface area (Å²) in [5.74, 6) is -0.163. The molecule has 1 unspecified atom stereocenters. The molecule has 16 heavy (non-hydrogen) atoms. The van der Waals surface area contributed by atoms with Crippen LogP contribution in [0.4, 0.5) is 4.39 Å². The van der Waals surface area contributed by atoms with Gasteiger partial charge in [-0.2, -0.15) is 0 Å². The molecule has 0 radical (unpaired) electrons. The van der Waals surface area contributed by atoms with E-state index in [0.29, 0.717) is 6.04 Å². The third-order valence-electron chi connectivity index (χ3n) is 2.79. The average molecular weight is 288 g/mol. The number of nitrogens with one attached hydrogen (secondary N) is 1. The zero-order valence-electron chi connectivity index (χ0n) is 9.89. The Labute approximate surface area is 106 Å². The van der Waals surface area contributed by atoms with Crippen molar-refractivity contribution in [1.82, 2.24) is 5.32 Å². The molecule has 1 aromatic rings. The highest BCUT2D eigenvalue weighted by molar-refractivity contribution is 9.10. The van der Waals surface area contributed by atoms with Gasteiger partial charge in [-0.1, -0.05) is 35.7 Å². The summed E-state index contributed by atoms with van der Waals surface area (Å²) in [5, 5.41) is 3.29. The second-order valence-electron chi connectivity index (χ2n) is 4.07. The molecular weight excluding hydrogens is 269 g/mol. The maximum atomic E-state index is 13.1. The number of hydrogen-bond donors (Lipinski definition) is 1. The highest BCUT2D eigenvalue weighted by Crippen LogP contribution is 2.20. The first-order chi connectivity index (χ1) is 7.67. The van der Waals surface area contributed by atoms with Crippen LogP contribution in [-0.4, -0.2) is 13.1 Å². The standard InChI is InChI=1S/C13H19BrFN/c1-3-4-5-12(16-2)9-10-8-11(15)6-7-13(10)14/h6-8,12,16H,3-5,9H2,1-2H3. The number of unbranched alkanes of at least 4 members (excludes halogenated alkanes) is 1. The largest absolute Gasteiger partial charge is 0.317 e. The summed E-state index contributed by atoms with van der Waals surface area (Å²) in [6.07, 6.45) is 4.41. The van der Waals surface area contributed by atoms with Gasteiger partial charge in [-0.15, -0.1) is 0 Å². The summed E-state index contributed by atoms with van der Waals surface area (Å²) in [4.78, 5) is 0. The molecule has 1 rings (SSSR count). The lowest BCUT2D eigenvalue weighted by Crippen LogP contribution is -2.27. The molecule has 0 heterocycles. The Bertz CT molecular complexity index is 328. The number of halogens is 2. The molecule has 1 aromatic carbocycles. The van der Waals surface area contributed by atoms with Crippen molar-refractivity contribution < 1.29 is 4.39 Å². The summed E-state index contributed by atoms with van der Waals surface area (Å²) < 4.78 is 14.1.